The molecule has 0 spiro atoms. The van der Waals surface area contributed by atoms with Crippen molar-refractivity contribution < 1.29 is 4.79 Å². The van der Waals surface area contributed by atoms with E-state index in [2.05, 4.69) is 6.92 Å². The minimum Gasteiger partial charge on any atom is -0.303 e. The summed E-state index contributed by atoms with van der Waals surface area (Å²) in [6.45, 7) is 3.88. The van der Waals surface area contributed by atoms with Crippen LogP contribution in [0.1, 0.15) is 43.5 Å². The number of ketones is 1. The highest BCUT2D eigenvalue weighted by Gasteiger charge is 2.20. The number of unbranched alkanes of at least 4 members (excludes halogenated alkanes) is 1. The van der Waals surface area contributed by atoms with Crippen LogP contribution in [0.2, 0.25) is 0 Å². The van der Waals surface area contributed by atoms with Gasteiger partial charge in [0.15, 0.2) is 5.78 Å². The largest absolute Gasteiger partial charge is 0.330 e. The standard InChI is InChI=1S/C13H20N2O3/c1-5-6-7-9(2)11(16)10-8-14(3)13(18)15(4)12(10)17/h8-9H,5-7H2,1-4H3. The Balaban J connectivity index is 3.15. The van der Waals surface area contributed by atoms with E-state index >= 15 is 0 Å². The molecule has 0 radical (unpaired) electrons. The summed E-state index contributed by atoms with van der Waals surface area (Å²) in [7, 11) is 2.92. The third kappa shape index (κ3) is 2.78. The van der Waals surface area contributed by atoms with Gasteiger partial charge in [-0.3, -0.25) is 14.2 Å². The lowest BCUT2D eigenvalue weighted by molar-refractivity contribution is 0.0919. The van der Waals surface area contributed by atoms with Gasteiger partial charge in [-0.1, -0.05) is 26.7 Å². The molecule has 0 aliphatic carbocycles. The van der Waals surface area contributed by atoms with Crippen LogP contribution in [0.4, 0.5) is 0 Å². The molecule has 18 heavy (non-hydrogen) atoms. The molecule has 0 aliphatic heterocycles. The summed E-state index contributed by atoms with van der Waals surface area (Å²) in [5, 5.41) is 0. The van der Waals surface area contributed by atoms with Crippen LogP contribution >= 0.6 is 0 Å². The molecule has 0 saturated carbocycles. The Hall–Kier alpha value is -1.65. The average Bonchev–Trinajstić information content (AvgIpc) is 2.36. The van der Waals surface area contributed by atoms with Gasteiger partial charge in [-0.2, -0.15) is 0 Å². The van der Waals surface area contributed by atoms with Crippen molar-refractivity contribution in [3.8, 4) is 0 Å². The molecule has 5 heteroatoms. The molecule has 1 unspecified atom stereocenters. The van der Waals surface area contributed by atoms with Crippen LogP contribution < -0.4 is 11.2 Å². The summed E-state index contributed by atoms with van der Waals surface area (Å²) >= 11 is 0. The highest BCUT2D eigenvalue weighted by Crippen LogP contribution is 2.12. The first kappa shape index (κ1) is 14.4. The SMILES string of the molecule is CCCCC(C)C(=O)c1cn(C)c(=O)n(C)c1=O. The predicted octanol–water partition coefficient (Wildman–Crippen LogP) is 1.09. The van der Waals surface area contributed by atoms with Crippen LogP contribution in [0.25, 0.3) is 0 Å². The maximum atomic E-state index is 12.2. The minimum absolute atomic E-state index is 0.100. The van der Waals surface area contributed by atoms with E-state index in [0.717, 1.165) is 23.8 Å². The monoisotopic (exact) mass is 252 g/mol. The van der Waals surface area contributed by atoms with Gasteiger partial charge in [0.1, 0.15) is 0 Å². The van der Waals surface area contributed by atoms with Crippen molar-refractivity contribution in [2.24, 2.45) is 20.0 Å². The normalized spacial score (nSPS) is 12.4. The predicted molar refractivity (Wildman–Crippen MR) is 69.9 cm³/mol. The number of hydrogen-bond donors (Lipinski definition) is 0. The molecule has 100 valence electrons. The number of carbonyl (C=O) groups excluding carboxylic acids is 1. The fraction of sp³-hybridized carbons (Fsp3) is 0.615. The van der Waals surface area contributed by atoms with Gasteiger partial charge in [0.05, 0.1) is 5.56 Å². The first-order valence-corrected chi connectivity index (χ1v) is 6.21. The summed E-state index contributed by atoms with van der Waals surface area (Å²) in [6, 6.07) is 0. The fourth-order valence-electron chi connectivity index (χ4n) is 1.88. The molecule has 1 heterocycles. The van der Waals surface area contributed by atoms with Crippen molar-refractivity contribution in [2.75, 3.05) is 0 Å². The highest BCUT2D eigenvalue weighted by molar-refractivity contribution is 5.97. The highest BCUT2D eigenvalue weighted by atomic mass is 16.2. The first-order chi connectivity index (χ1) is 8.40. The maximum absolute atomic E-state index is 12.2. The zero-order valence-corrected chi connectivity index (χ0v) is 11.4. The number of aromatic nitrogens is 2. The van der Waals surface area contributed by atoms with Crippen LogP contribution in [0.3, 0.4) is 0 Å². The molecular weight excluding hydrogens is 232 g/mol. The Morgan fingerprint density at radius 2 is 1.94 bits per heavy atom. The summed E-state index contributed by atoms with van der Waals surface area (Å²) in [5.74, 6) is -0.366. The van der Waals surface area contributed by atoms with E-state index in [1.54, 1.807) is 0 Å². The molecule has 1 aromatic rings. The Morgan fingerprint density at radius 1 is 1.33 bits per heavy atom. The second kappa shape index (κ2) is 5.80. The van der Waals surface area contributed by atoms with E-state index < -0.39 is 11.2 Å². The van der Waals surface area contributed by atoms with Gasteiger partial charge in [0.2, 0.25) is 0 Å². The van der Waals surface area contributed by atoms with Crippen molar-refractivity contribution in [1.29, 1.82) is 0 Å². The molecule has 1 rings (SSSR count). The molecule has 1 atom stereocenters. The Morgan fingerprint density at radius 3 is 2.50 bits per heavy atom. The van der Waals surface area contributed by atoms with Crippen molar-refractivity contribution in [3.05, 3.63) is 32.6 Å². The lowest BCUT2D eigenvalue weighted by atomic mass is 9.96. The number of hydrogen-bond acceptors (Lipinski definition) is 3. The second-order valence-electron chi connectivity index (χ2n) is 4.71. The van der Waals surface area contributed by atoms with Gasteiger partial charge >= 0.3 is 5.69 Å². The Bertz CT molecular complexity index is 554. The zero-order valence-electron chi connectivity index (χ0n) is 11.4. The van der Waals surface area contributed by atoms with E-state index in [1.807, 2.05) is 6.92 Å². The molecule has 0 N–H and O–H groups in total. The minimum atomic E-state index is -0.508. The van der Waals surface area contributed by atoms with E-state index in [1.165, 1.54) is 24.9 Å². The van der Waals surface area contributed by atoms with Crippen LogP contribution in [-0.2, 0) is 14.1 Å². The summed E-state index contributed by atoms with van der Waals surface area (Å²) < 4.78 is 2.24. The van der Waals surface area contributed by atoms with Gasteiger partial charge in [-0.05, 0) is 6.42 Å². The van der Waals surface area contributed by atoms with E-state index in [0.29, 0.717) is 0 Å². The molecule has 0 bridgehead atoms. The number of nitrogens with zero attached hydrogens (tertiary/aromatic N) is 2. The van der Waals surface area contributed by atoms with E-state index in [9.17, 15) is 14.4 Å². The fourth-order valence-corrected chi connectivity index (χ4v) is 1.88. The molecular formula is C13H20N2O3. The van der Waals surface area contributed by atoms with Gasteiger partial charge in [0.25, 0.3) is 5.56 Å². The topological polar surface area (TPSA) is 61.1 Å². The smallest absolute Gasteiger partial charge is 0.303 e. The number of carbonyl (C=O) groups is 1. The van der Waals surface area contributed by atoms with Gasteiger partial charge < -0.3 is 4.57 Å². The summed E-state index contributed by atoms with van der Waals surface area (Å²) in [6.07, 6.45) is 4.08. The first-order valence-electron chi connectivity index (χ1n) is 6.21. The van der Waals surface area contributed by atoms with Crippen LogP contribution in [0.5, 0.6) is 0 Å². The molecule has 0 amide bonds. The van der Waals surface area contributed by atoms with Crippen molar-refractivity contribution >= 4 is 5.78 Å². The lowest BCUT2D eigenvalue weighted by Gasteiger charge is -2.11. The van der Waals surface area contributed by atoms with Crippen LogP contribution in [0, 0.1) is 5.92 Å². The molecule has 0 saturated heterocycles. The zero-order chi connectivity index (χ0) is 13.9. The van der Waals surface area contributed by atoms with E-state index in [4.69, 9.17) is 0 Å². The Kier molecular flexibility index (Phi) is 4.64. The Labute approximate surface area is 106 Å². The summed E-state index contributed by atoms with van der Waals surface area (Å²) in [5.41, 5.74) is -0.826. The molecule has 5 nitrogen and oxygen atoms in total. The van der Waals surface area contributed by atoms with Gasteiger partial charge in [-0.15, -0.1) is 0 Å². The van der Waals surface area contributed by atoms with Gasteiger partial charge in [0, 0.05) is 26.2 Å². The van der Waals surface area contributed by atoms with Crippen molar-refractivity contribution in [2.45, 2.75) is 33.1 Å². The van der Waals surface area contributed by atoms with Crippen molar-refractivity contribution in [3.63, 3.8) is 0 Å². The van der Waals surface area contributed by atoms with Crippen LogP contribution in [-0.4, -0.2) is 14.9 Å². The van der Waals surface area contributed by atoms with Crippen molar-refractivity contribution in [1.82, 2.24) is 9.13 Å². The third-order valence-electron chi connectivity index (χ3n) is 3.15. The molecule has 0 fully saturated rings. The number of rotatable bonds is 5. The number of Topliss-reactive ketones (excluding diaryl/α,β-unsaturated/α-hetero) is 1. The maximum Gasteiger partial charge on any atom is 0.330 e. The molecule has 0 aliphatic rings. The third-order valence-corrected chi connectivity index (χ3v) is 3.15. The second-order valence-corrected chi connectivity index (χ2v) is 4.71. The molecule has 1 aromatic heterocycles. The molecule has 0 aromatic carbocycles. The average molecular weight is 252 g/mol. The number of aryl methyl sites for hydroxylation is 1. The quantitative estimate of drug-likeness (QED) is 0.737. The van der Waals surface area contributed by atoms with Gasteiger partial charge in [-0.25, -0.2) is 4.79 Å². The van der Waals surface area contributed by atoms with E-state index in [-0.39, 0.29) is 17.3 Å². The van der Waals surface area contributed by atoms with Crippen LogP contribution in [0.15, 0.2) is 15.8 Å². The lowest BCUT2D eigenvalue weighted by Crippen LogP contribution is -2.40. The summed E-state index contributed by atoms with van der Waals surface area (Å²) in [4.78, 5) is 35.6.